The van der Waals surface area contributed by atoms with Crippen LogP contribution in [0.2, 0.25) is 0 Å². The molecule has 0 aliphatic carbocycles. The van der Waals surface area contributed by atoms with Gasteiger partial charge in [0.05, 0.1) is 23.4 Å². The van der Waals surface area contributed by atoms with Crippen molar-refractivity contribution in [1.82, 2.24) is 4.90 Å². The highest BCUT2D eigenvalue weighted by Gasteiger charge is 2.19. The maximum atomic E-state index is 12.2. The van der Waals surface area contributed by atoms with Gasteiger partial charge in [-0.05, 0) is 44.3 Å². The number of hydrogen-bond donors (Lipinski definition) is 1. The van der Waals surface area contributed by atoms with Crippen LogP contribution in [0.1, 0.15) is 20.8 Å². The number of likely N-dealkylation sites (N-methyl/N-ethyl adjacent to an activating group) is 1. The Bertz CT molecular complexity index is 510. The molecule has 0 aromatic heterocycles. The predicted octanol–water partition coefficient (Wildman–Crippen LogP) is 1.79. The first-order valence-electron chi connectivity index (χ1n) is 7.31. The minimum atomic E-state index is -3.33. The molecule has 5 nitrogen and oxygen atoms in total. The summed E-state index contributed by atoms with van der Waals surface area (Å²) in [6.07, 6.45) is -0.330. The van der Waals surface area contributed by atoms with Crippen molar-refractivity contribution < 1.29 is 13.2 Å². The molecule has 0 saturated heterocycles. The second-order valence-electron chi connectivity index (χ2n) is 5.06. The maximum Gasteiger partial charge on any atom is 0.180 e. The number of benzene rings is 1. The Hall–Kier alpha value is -1.11. The normalized spacial score (nSPS) is 13.5. The van der Waals surface area contributed by atoms with E-state index in [4.69, 9.17) is 10.5 Å². The molecule has 0 bridgehead atoms. The summed E-state index contributed by atoms with van der Waals surface area (Å²) in [7, 11) is -3.33. The summed E-state index contributed by atoms with van der Waals surface area (Å²) in [5.74, 6) is -0.0187. The van der Waals surface area contributed by atoms with Crippen LogP contribution in [-0.2, 0) is 14.6 Å². The predicted molar refractivity (Wildman–Crippen MR) is 86.1 cm³/mol. The third-order valence-electron chi connectivity index (χ3n) is 3.40. The van der Waals surface area contributed by atoms with Gasteiger partial charge in [0.2, 0.25) is 0 Å². The summed E-state index contributed by atoms with van der Waals surface area (Å²) in [6.45, 7) is 9.28. The van der Waals surface area contributed by atoms with Crippen molar-refractivity contribution in [3.8, 4) is 0 Å². The Balaban J connectivity index is 2.49. The Morgan fingerprint density at radius 1 is 1.19 bits per heavy atom. The van der Waals surface area contributed by atoms with E-state index in [0.717, 1.165) is 19.6 Å². The van der Waals surface area contributed by atoms with Gasteiger partial charge >= 0.3 is 0 Å². The highest BCUT2D eigenvalue weighted by molar-refractivity contribution is 7.91. The molecule has 0 aliphatic rings. The van der Waals surface area contributed by atoms with Gasteiger partial charge < -0.3 is 15.4 Å². The summed E-state index contributed by atoms with van der Waals surface area (Å²) in [5.41, 5.74) is 6.12. The molecule has 0 heterocycles. The lowest BCUT2D eigenvalue weighted by molar-refractivity contribution is 0.0627. The first-order valence-corrected chi connectivity index (χ1v) is 8.96. The highest BCUT2D eigenvalue weighted by atomic mass is 32.2. The van der Waals surface area contributed by atoms with E-state index in [0.29, 0.717) is 12.3 Å². The maximum absolute atomic E-state index is 12.2. The van der Waals surface area contributed by atoms with Crippen LogP contribution in [0.25, 0.3) is 0 Å². The molecule has 0 radical (unpaired) electrons. The van der Waals surface area contributed by atoms with Crippen molar-refractivity contribution in [3.05, 3.63) is 24.3 Å². The second-order valence-corrected chi connectivity index (χ2v) is 7.09. The van der Waals surface area contributed by atoms with E-state index in [1.807, 2.05) is 0 Å². The largest absolute Gasteiger partial charge is 0.399 e. The number of ether oxygens (including phenoxy) is 1. The zero-order chi connectivity index (χ0) is 15.9. The summed E-state index contributed by atoms with van der Waals surface area (Å²) < 4.78 is 30.1. The van der Waals surface area contributed by atoms with Crippen LogP contribution >= 0.6 is 0 Å². The lowest BCUT2D eigenvalue weighted by Crippen LogP contribution is -2.30. The van der Waals surface area contributed by atoms with Gasteiger partial charge in [0, 0.05) is 12.2 Å². The average Bonchev–Trinajstić information content (AvgIpc) is 2.43. The third-order valence-corrected chi connectivity index (χ3v) is 5.30. The van der Waals surface area contributed by atoms with Crippen LogP contribution in [0.15, 0.2) is 29.2 Å². The van der Waals surface area contributed by atoms with Crippen molar-refractivity contribution in [2.24, 2.45) is 0 Å². The number of anilines is 1. The summed E-state index contributed by atoms with van der Waals surface area (Å²) >= 11 is 0. The van der Waals surface area contributed by atoms with Crippen molar-refractivity contribution in [2.45, 2.75) is 31.8 Å². The molecule has 1 rings (SSSR count). The van der Waals surface area contributed by atoms with Crippen molar-refractivity contribution in [2.75, 3.05) is 37.7 Å². The molecule has 2 N–H and O–H groups in total. The van der Waals surface area contributed by atoms with Crippen molar-refractivity contribution >= 4 is 15.5 Å². The topological polar surface area (TPSA) is 72.6 Å². The molecule has 1 unspecified atom stereocenters. The van der Waals surface area contributed by atoms with Gasteiger partial charge in [-0.1, -0.05) is 13.8 Å². The quantitative estimate of drug-likeness (QED) is 0.704. The lowest BCUT2D eigenvalue weighted by atomic mass is 10.3. The summed E-state index contributed by atoms with van der Waals surface area (Å²) in [5, 5.41) is 0. The third kappa shape index (κ3) is 6.03. The van der Waals surface area contributed by atoms with Crippen LogP contribution in [-0.4, -0.2) is 51.4 Å². The number of nitrogen functional groups attached to an aromatic ring is 1. The molecule has 120 valence electrons. The van der Waals surface area contributed by atoms with Crippen LogP contribution in [0.4, 0.5) is 5.69 Å². The number of nitrogens with zero attached hydrogens (tertiary/aromatic N) is 1. The fraction of sp³-hybridized carbons (Fsp3) is 0.600. The monoisotopic (exact) mass is 314 g/mol. The fourth-order valence-corrected chi connectivity index (χ4v) is 3.51. The lowest BCUT2D eigenvalue weighted by Gasteiger charge is -2.20. The van der Waals surface area contributed by atoms with Crippen molar-refractivity contribution in [1.29, 1.82) is 0 Å². The van der Waals surface area contributed by atoms with Gasteiger partial charge in [-0.2, -0.15) is 0 Å². The Labute approximate surface area is 128 Å². The minimum Gasteiger partial charge on any atom is -0.399 e. The van der Waals surface area contributed by atoms with Crippen LogP contribution in [0.3, 0.4) is 0 Å². The highest BCUT2D eigenvalue weighted by Crippen LogP contribution is 2.15. The molecule has 1 aromatic rings. The van der Waals surface area contributed by atoms with Gasteiger partial charge in [-0.3, -0.25) is 0 Å². The van der Waals surface area contributed by atoms with E-state index in [2.05, 4.69) is 18.7 Å². The zero-order valence-electron chi connectivity index (χ0n) is 13.1. The van der Waals surface area contributed by atoms with Gasteiger partial charge in [0.1, 0.15) is 0 Å². The van der Waals surface area contributed by atoms with E-state index in [-0.39, 0.29) is 16.8 Å². The number of sulfone groups is 1. The summed E-state index contributed by atoms with van der Waals surface area (Å²) in [4.78, 5) is 2.53. The molecule has 0 spiro atoms. The van der Waals surface area contributed by atoms with E-state index in [1.165, 1.54) is 12.1 Å². The molecular weight excluding hydrogens is 288 g/mol. The number of rotatable bonds is 9. The first-order chi connectivity index (χ1) is 9.89. The first kappa shape index (κ1) is 17.9. The zero-order valence-corrected chi connectivity index (χ0v) is 13.9. The molecule has 21 heavy (non-hydrogen) atoms. The average molecular weight is 314 g/mol. The van der Waals surface area contributed by atoms with E-state index in [1.54, 1.807) is 19.1 Å². The van der Waals surface area contributed by atoms with Crippen LogP contribution in [0.5, 0.6) is 0 Å². The van der Waals surface area contributed by atoms with E-state index in [9.17, 15) is 8.42 Å². The standard InChI is InChI=1S/C15H26N2O3S/c1-4-17(5-2)10-11-20-13(3)12-21(18,19)15-8-6-14(16)7-9-15/h6-9,13H,4-5,10-12,16H2,1-3H3. The Kier molecular flexibility index (Phi) is 7.14. The van der Waals surface area contributed by atoms with E-state index >= 15 is 0 Å². The smallest absolute Gasteiger partial charge is 0.180 e. The minimum absolute atomic E-state index is 0.0187. The van der Waals surface area contributed by atoms with E-state index < -0.39 is 9.84 Å². The molecule has 0 saturated carbocycles. The molecule has 0 aliphatic heterocycles. The van der Waals surface area contributed by atoms with Crippen molar-refractivity contribution in [3.63, 3.8) is 0 Å². The second kappa shape index (κ2) is 8.36. The molecule has 1 atom stereocenters. The van der Waals surface area contributed by atoms with Crippen LogP contribution in [0, 0.1) is 0 Å². The SMILES string of the molecule is CCN(CC)CCOC(C)CS(=O)(=O)c1ccc(N)cc1. The molecule has 1 aromatic carbocycles. The van der Waals surface area contributed by atoms with Gasteiger partial charge in [0.15, 0.2) is 9.84 Å². The Morgan fingerprint density at radius 2 is 1.76 bits per heavy atom. The molecule has 6 heteroatoms. The van der Waals surface area contributed by atoms with Gasteiger partial charge in [0.25, 0.3) is 0 Å². The van der Waals surface area contributed by atoms with Crippen LogP contribution < -0.4 is 5.73 Å². The Morgan fingerprint density at radius 3 is 2.29 bits per heavy atom. The number of nitrogens with two attached hydrogens (primary N) is 1. The molecule has 0 amide bonds. The number of hydrogen-bond acceptors (Lipinski definition) is 5. The van der Waals surface area contributed by atoms with Gasteiger partial charge in [-0.15, -0.1) is 0 Å². The fourth-order valence-electron chi connectivity index (χ4n) is 2.05. The summed E-state index contributed by atoms with van der Waals surface area (Å²) in [6, 6.07) is 6.26. The molecular formula is C15H26N2O3S. The van der Waals surface area contributed by atoms with Gasteiger partial charge in [-0.25, -0.2) is 8.42 Å². The molecule has 0 fully saturated rings.